The van der Waals surface area contributed by atoms with Gasteiger partial charge in [-0.2, -0.15) is 5.26 Å². The molecule has 0 saturated carbocycles. The Morgan fingerprint density at radius 2 is 1.97 bits per heavy atom. The minimum atomic E-state index is 0.130. The van der Waals surface area contributed by atoms with Gasteiger partial charge in [-0.05, 0) is 71.0 Å². The maximum absolute atomic E-state index is 12.9. The van der Waals surface area contributed by atoms with E-state index in [1.54, 1.807) is 0 Å². The van der Waals surface area contributed by atoms with E-state index >= 15 is 0 Å². The van der Waals surface area contributed by atoms with Gasteiger partial charge in [-0.3, -0.25) is 9.69 Å². The number of aromatic nitrogens is 2. The van der Waals surface area contributed by atoms with Gasteiger partial charge in [0, 0.05) is 42.5 Å². The number of imidazole rings is 1. The molecule has 1 saturated heterocycles. The molecule has 6 rings (SSSR count). The van der Waals surface area contributed by atoms with Crippen LogP contribution in [0.15, 0.2) is 42.6 Å². The number of halogens is 1. The number of rotatable bonds is 0. The fraction of sp³-hybridized carbons (Fsp3) is 0.292. The van der Waals surface area contributed by atoms with Gasteiger partial charge in [-0.15, -0.1) is 0 Å². The molecule has 8 heteroatoms. The van der Waals surface area contributed by atoms with Gasteiger partial charge in [0.2, 0.25) is 5.91 Å². The van der Waals surface area contributed by atoms with Crippen LogP contribution in [0.5, 0.6) is 11.5 Å². The quantitative estimate of drug-likeness (QED) is 0.408. The Kier molecular flexibility index (Phi) is 5.61. The Bertz CT molecular complexity index is 1250. The van der Waals surface area contributed by atoms with Crippen molar-refractivity contribution in [3.63, 3.8) is 0 Å². The van der Waals surface area contributed by atoms with Gasteiger partial charge in [0.05, 0.1) is 17.8 Å². The predicted molar refractivity (Wildman–Crippen MR) is 127 cm³/mol. The van der Waals surface area contributed by atoms with Gasteiger partial charge < -0.3 is 14.2 Å². The van der Waals surface area contributed by atoms with Crippen molar-refractivity contribution in [2.24, 2.45) is 0 Å². The molecule has 4 heterocycles. The second-order valence-electron chi connectivity index (χ2n) is 8.21. The number of nitrogens with zero attached hydrogens (tertiary/aromatic N) is 5. The highest BCUT2D eigenvalue weighted by atomic mass is 127. The number of carbonyl (C=O) groups excluding carboxylic acids is 1. The summed E-state index contributed by atoms with van der Waals surface area (Å²) in [5.74, 6) is 2.24. The van der Waals surface area contributed by atoms with Gasteiger partial charge >= 0.3 is 0 Å². The first-order valence-electron chi connectivity index (χ1n) is 10.5. The van der Waals surface area contributed by atoms with E-state index in [1.165, 1.54) is 0 Å². The molecule has 0 N–H and O–H groups in total. The van der Waals surface area contributed by atoms with Crippen LogP contribution in [0.3, 0.4) is 0 Å². The molecule has 2 aromatic carbocycles. The Hall–Kier alpha value is -2.90. The lowest BCUT2D eigenvalue weighted by molar-refractivity contribution is -0.136. The van der Waals surface area contributed by atoms with Crippen LogP contribution in [0.1, 0.15) is 28.2 Å². The maximum atomic E-state index is 12.9. The van der Waals surface area contributed by atoms with Crippen molar-refractivity contribution in [1.82, 2.24) is 19.4 Å². The lowest BCUT2D eigenvalue weighted by Gasteiger charge is -2.34. The first-order valence-corrected chi connectivity index (χ1v) is 11.6. The summed E-state index contributed by atoms with van der Waals surface area (Å²) in [7, 11) is 0. The van der Waals surface area contributed by atoms with Gasteiger partial charge in [0.1, 0.15) is 23.4 Å². The molecular formula is C24H22IN5O2. The highest BCUT2D eigenvalue weighted by Gasteiger charge is 2.26. The number of piperazine rings is 1. The second-order valence-corrected chi connectivity index (χ2v) is 9.37. The van der Waals surface area contributed by atoms with E-state index in [1.807, 2.05) is 54.4 Å². The molecule has 3 aliphatic heterocycles. The van der Waals surface area contributed by atoms with E-state index in [0.717, 1.165) is 32.8 Å². The van der Waals surface area contributed by atoms with Crippen LogP contribution in [0, 0.1) is 21.8 Å². The molecule has 1 fully saturated rings. The number of amides is 1. The fourth-order valence-corrected chi connectivity index (χ4v) is 4.74. The average Bonchev–Trinajstić information content (AvgIpc) is 3.11. The van der Waals surface area contributed by atoms with Crippen LogP contribution >= 0.6 is 22.6 Å². The summed E-state index contributed by atoms with van der Waals surface area (Å²) in [4.78, 5) is 21.5. The number of carbonyl (C=O) groups is 1. The summed E-state index contributed by atoms with van der Waals surface area (Å²) in [6.45, 7) is 5.73. The van der Waals surface area contributed by atoms with Crippen molar-refractivity contribution >= 4 is 28.5 Å². The first-order chi connectivity index (χ1) is 15.5. The fourth-order valence-electron chi connectivity index (χ4n) is 4.24. The molecule has 0 radical (unpaired) electrons. The largest absolute Gasteiger partial charge is 0.456 e. The highest BCUT2D eigenvalue weighted by Crippen LogP contribution is 2.30. The molecule has 0 spiro atoms. The van der Waals surface area contributed by atoms with E-state index in [9.17, 15) is 10.1 Å². The van der Waals surface area contributed by atoms with Gasteiger partial charge in [-0.25, -0.2) is 4.98 Å². The standard InChI is InChI=1S/C24H22IN5O2/c1-16-27-11-20-14-28-6-7-29(24(31)15-28)13-19-9-21(4-5-22(19)25)32-23-8-17(12-30(16)20)2-3-18(23)10-26/h2-5,8-9,11H,6-7,12-15H2,1H3. The molecule has 1 aromatic heterocycles. The van der Waals surface area contributed by atoms with E-state index < -0.39 is 0 Å². The zero-order chi connectivity index (χ0) is 22.2. The predicted octanol–water partition coefficient (Wildman–Crippen LogP) is 3.67. The highest BCUT2D eigenvalue weighted by molar-refractivity contribution is 14.1. The van der Waals surface area contributed by atoms with Crippen molar-refractivity contribution < 1.29 is 9.53 Å². The number of nitriles is 1. The molecule has 6 bridgehead atoms. The normalized spacial score (nSPS) is 18.1. The van der Waals surface area contributed by atoms with Gasteiger partial charge in [0.25, 0.3) is 0 Å². The van der Waals surface area contributed by atoms with Crippen molar-refractivity contribution in [2.75, 3.05) is 19.6 Å². The molecule has 3 aromatic rings. The van der Waals surface area contributed by atoms with Gasteiger partial charge in [-0.1, -0.05) is 6.07 Å². The minimum absolute atomic E-state index is 0.130. The summed E-state index contributed by atoms with van der Waals surface area (Å²) in [5.41, 5.74) is 3.63. The molecular weight excluding hydrogens is 517 g/mol. The number of benzene rings is 2. The number of hydrogen-bond acceptors (Lipinski definition) is 5. The van der Waals surface area contributed by atoms with Crippen LogP contribution in [-0.2, 0) is 24.4 Å². The van der Waals surface area contributed by atoms with Gasteiger partial charge in [0.15, 0.2) is 0 Å². The number of hydrogen-bond donors (Lipinski definition) is 0. The lowest BCUT2D eigenvalue weighted by atomic mass is 10.1. The van der Waals surface area contributed by atoms with E-state index in [0.29, 0.717) is 49.8 Å². The second kappa shape index (κ2) is 8.56. The maximum Gasteiger partial charge on any atom is 0.237 e. The van der Waals surface area contributed by atoms with Crippen molar-refractivity contribution in [1.29, 1.82) is 5.26 Å². The van der Waals surface area contributed by atoms with Crippen LogP contribution in [-0.4, -0.2) is 44.9 Å². The SMILES string of the molecule is Cc1ncc2n1Cc1ccc(C#N)c(c1)Oc1ccc(I)c(c1)CN1CCN(CC1=O)C2. The molecule has 7 nitrogen and oxygen atoms in total. The van der Waals surface area contributed by atoms with E-state index in [4.69, 9.17) is 4.74 Å². The molecule has 0 aliphatic carbocycles. The smallest absolute Gasteiger partial charge is 0.237 e. The molecule has 32 heavy (non-hydrogen) atoms. The minimum Gasteiger partial charge on any atom is -0.456 e. The number of fused-ring (bicyclic) bond motifs is 2. The molecule has 3 aliphatic rings. The number of aryl methyl sites for hydroxylation is 1. The summed E-state index contributed by atoms with van der Waals surface area (Å²) < 4.78 is 9.43. The Morgan fingerprint density at radius 1 is 1.09 bits per heavy atom. The topological polar surface area (TPSA) is 74.4 Å². The first kappa shape index (κ1) is 21.0. The molecule has 1 unspecified atom stereocenters. The zero-order valence-electron chi connectivity index (χ0n) is 17.7. The summed E-state index contributed by atoms with van der Waals surface area (Å²) >= 11 is 2.29. The molecule has 162 valence electrons. The Balaban J connectivity index is 1.61. The third-order valence-corrected chi connectivity index (χ3v) is 7.09. The summed E-state index contributed by atoms with van der Waals surface area (Å²) in [6, 6.07) is 13.8. The summed E-state index contributed by atoms with van der Waals surface area (Å²) in [5, 5.41) is 9.60. The lowest BCUT2D eigenvalue weighted by Crippen LogP contribution is -2.49. The van der Waals surface area contributed by atoms with Crippen molar-refractivity contribution in [3.05, 3.63) is 74.4 Å². The third-order valence-electron chi connectivity index (χ3n) is 6.03. The monoisotopic (exact) mass is 539 g/mol. The van der Waals surface area contributed by atoms with Crippen LogP contribution in [0.2, 0.25) is 0 Å². The Labute approximate surface area is 200 Å². The Morgan fingerprint density at radius 3 is 2.78 bits per heavy atom. The van der Waals surface area contributed by atoms with Crippen LogP contribution in [0.25, 0.3) is 0 Å². The molecule has 1 atom stereocenters. The molecule has 1 amide bonds. The number of ether oxygens (including phenoxy) is 1. The van der Waals surface area contributed by atoms with Crippen molar-refractivity contribution in [2.45, 2.75) is 26.6 Å². The van der Waals surface area contributed by atoms with Crippen LogP contribution in [0.4, 0.5) is 0 Å². The van der Waals surface area contributed by atoms with Crippen molar-refractivity contribution in [3.8, 4) is 17.6 Å². The summed E-state index contributed by atoms with van der Waals surface area (Å²) in [6.07, 6.45) is 1.89. The van der Waals surface area contributed by atoms with Crippen LogP contribution < -0.4 is 4.74 Å². The van der Waals surface area contributed by atoms with E-state index in [2.05, 4.69) is 43.1 Å². The third kappa shape index (κ3) is 4.10. The average molecular weight is 539 g/mol. The van der Waals surface area contributed by atoms with E-state index in [-0.39, 0.29) is 5.91 Å². The zero-order valence-corrected chi connectivity index (χ0v) is 19.9.